The zero-order valence-corrected chi connectivity index (χ0v) is 11.8. The first kappa shape index (κ1) is 13.1. The molecule has 3 rings (SSSR count). The zero-order valence-electron chi connectivity index (χ0n) is 11.8. The van der Waals surface area contributed by atoms with Gasteiger partial charge >= 0.3 is 0 Å². The molecule has 2 atom stereocenters. The molecular formula is C15H19N3O2. The third kappa shape index (κ3) is 2.41. The van der Waals surface area contributed by atoms with E-state index in [1.807, 2.05) is 29.2 Å². The third-order valence-electron chi connectivity index (χ3n) is 3.86. The van der Waals surface area contributed by atoms with Crippen molar-refractivity contribution in [2.45, 2.75) is 32.4 Å². The Balaban J connectivity index is 1.78. The number of amides is 1. The molecule has 0 saturated carbocycles. The highest BCUT2D eigenvalue weighted by molar-refractivity contribution is 5.86. The van der Waals surface area contributed by atoms with Crippen molar-refractivity contribution >= 4 is 16.9 Å². The fraction of sp³-hybridized carbons (Fsp3) is 0.467. The summed E-state index contributed by atoms with van der Waals surface area (Å²) >= 11 is 0. The lowest BCUT2D eigenvalue weighted by Crippen LogP contribution is -2.56. The number of para-hydroxylation sites is 1. The van der Waals surface area contributed by atoms with Gasteiger partial charge in [-0.1, -0.05) is 17.3 Å². The standard InChI is InChI=1S/C15H19N3O2/c1-10-9-18(11(2)8-16-10)15(19)7-13-12-5-3-4-6-14(12)20-17-13/h3-6,10-11,16H,7-9H2,1-2H3. The Labute approximate surface area is 117 Å². The zero-order chi connectivity index (χ0) is 14.1. The molecular weight excluding hydrogens is 254 g/mol. The fourth-order valence-corrected chi connectivity index (χ4v) is 2.68. The molecule has 1 aromatic heterocycles. The topological polar surface area (TPSA) is 58.4 Å². The normalized spacial score (nSPS) is 23.2. The molecule has 2 unspecified atom stereocenters. The fourth-order valence-electron chi connectivity index (χ4n) is 2.68. The maximum atomic E-state index is 12.5. The van der Waals surface area contributed by atoms with E-state index < -0.39 is 0 Å². The molecule has 1 aliphatic rings. The number of hydrogen-bond donors (Lipinski definition) is 1. The number of piperazine rings is 1. The molecule has 1 fully saturated rings. The molecule has 1 aliphatic heterocycles. The van der Waals surface area contributed by atoms with E-state index >= 15 is 0 Å². The van der Waals surface area contributed by atoms with Crippen LogP contribution in [-0.2, 0) is 11.2 Å². The molecule has 2 heterocycles. The van der Waals surface area contributed by atoms with Crippen LogP contribution in [-0.4, -0.2) is 41.1 Å². The lowest BCUT2D eigenvalue weighted by atomic mass is 10.1. The molecule has 0 bridgehead atoms. The molecule has 1 saturated heterocycles. The quantitative estimate of drug-likeness (QED) is 0.902. The van der Waals surface area contributed by atoms with Crippen molar-refractivity contribution in [2.24, 2.45) is 0 Å². The van der Waals surface area contributed by atoms with Crippen LogP contribution in [0.15, 0.2) is 28.8 Å². The van der Waals surface area contributed by atoms with Gasteiger partial charge in [-0.15, -0.1) is 0 Å². The molecule has 0 spiro atoms. The number of nitrogens with zero attached hydrogens (tertiary/aromatic N) is 2. The van der Waals surface area contributed by atoms with Crippen molar-refractivity contribution in [2.75, 3.05) is 13.1 Å². The van der Waals surface area contributed by atoms with Gasteiger partial charge in [-0.25, -0.2) is 0 Å². The molecule has 1 aromatic carbocycles. The Morgan fingerprint density at radius 3 is 3.10 bits per heavy atom. The second-order valence-electron chi connectivity index (χ2n) is 5.51. The van der Waals surface area contributed by atoms with Crippen LogP contribution in [0.25, 0.3) is 11.0 Å². The first-order chi connectivity index (χ1) is 9.65. The number of aromatic nitrogens is 1. The summed E-state index contributed by atoms with van der Waals surface area (Å²) in [6.07, 6.45) is 0.300. The molecule has 0 aliphatic carbocycles. The third-order valence-corrected chi connectivity index (χ3v) is 3.86. The van der Waals surface area contributed by atoms with Crippen molar-refractivity contribution in [3.63, 3.8) is 0 Å². The number of carbonyl (C=O) groups excluding carboxylic acids is 1. The molecule has 1 amide bonds. The highest BCUT2D eigenvalue weighted by atomic mass is 16.5. The minimum absolute atomic E-state index is 0.116. The first-order valence-electron chi connectivity index (χ1n) is 7.01. The maximum absolute atomic E-state index is 12.5. The summed E-state index contributed by atoms with van der Waals surface area (Å²) in [5.74, 6) is 0.116. The van der Waals surface area contributed by atoms with Gasteiger partial charge in [0.05, 0.1) is 6.42 Å². The van der Waals surface area contributed by atoms with Gasteiger partial charge in [0.1, 0.15) is 5.69 Å². The van der Waals surface area contributed by atoms with E-state index in [1.165, 1.54) is 0 Å². The minimum Gasteiger partial charge on any atom is -0.356 e. The van der Waals surface area contributed by atoms with Crippen LogP contribution in [0.2, 0.25) is 0 Å². The van der Waals surface area contributed by atoms with Crippen LogP contribution in [0.4, 0.5) is 0 Å². The van der Waals surface area contributed by atoms with Gasteiger partial charge < -0.3 is 14.7 Å². The van der Waals surface area contributed by atoms with E-state index in [4.69, 9.17) is 4.52 Å². The molecule has 1 N–H and O–H groups in total. The number of hydrogen-bond acceptors (Lipinski definition) is 4. The van der Waals surface area contributed by atoms with Gasteiger partial charge in [-0.2, -0.15) is 0 Å². The SMILES string of the molecule is CC1CN(C(=O)Cc2noc3ccccc23)C(C)CN1. The summed E-state index contributed by atoms with van der Waals surface area (Å²) in [5.41, 5.74) is 1.46. The molecule has 5 heteroatoms. The van der Waals surface area contributed by atoms with E-state index in [9.17, 15) is 4.79 Å². The second-order valence-corrected chi connectivity index (χ2v) is 5.51. The van der Waals surface area contributed by atoms with E-state index in [1.54, 1.807) is 0 Å². The highest BCUT2D eigenvalue weighted by Crippen LogP contribution is 2.19. The van der Waals surface area contributed by atoms with Crippen molar-refractivity contribution < 1.29 is 9.32 Å². The molecule has 0 radical (unpaired) electrons. The van der Waals surface area contributed by atoms with Crippen LogP contribution in [0.1, 0.15) is 19.5 Å². The van der Waals surface area contributed by atoms with Crippen molar-refractivity contribution in [3.8, 4) is 0 Å². The molecule has 106 valence electrons. The number of benzene rings is 1. The van der Waals surface area contributed by atoms with Crippen LogP contribution >= 0.6 is 0 Å². The van der Waals surface area contributed by atoms with Crippen LogP contribution < -0.4 is 5.32 Å². The summed E-state index contributed by atoms with van der Waals surface area (Å²) in [5, 5.41) is 8.34. The van der Waals surface area contributed by atoms with E-state index in [0.717, 1.165) is 29.8 Å². The van der Waals surface area contributed by atoms with E-state index in [2.05, 4.69) is 24.3 Å². The molecule has 20 heavy (non-hydrogen) atoms. The predicted octanol–water partition coefficient (Wildman–Crippen LogP) is 1.58. The van der Waals surface area contributed by atoms with Crippen LogP contribution in [0.5, 0.6) is 0 Å². The van der Waals surface area contributed by atoms with Gasteiger partial charge in [-0.3, -0.25) is 4.79 Å². The lowest BCUT2D eigenvalue weighted by molar-refractivity contribution is -0.134. The summed E-state index contributed by atoms with van der Waals surface area (Å²) < 4.78 is 5.25. The minimum atomic E-state index is 0.116. The van der Waals surface area contributed by atoms with Crippen molar-refractivity contribution in [1.29, 1.82) is 0 Å². The van der Waals surface area contributed by atoms with Crippen molar-refractivity contribution in [3.05, 3.63) is 30.0 Å². The van der Waals surface area contributed by atoms with Gasteiger partial charge in [-0.05, 0) is 26.0 Å². The van der Waals surface area contributed by atoms with Crippen molar-refractivity contribution in [1.82, 2.24) is 15.4 Å². The number of carbonyl (C=O) groups is 1. The lowest BCUT2D eigenvalue weighted by Gasteiger charge is -2.37. The largest absolute Gasteiger partial charge is 0.356 e. The maximum Gasteiger partial charge on any atom is 0.229 e. The number of fused-ring (bicyclic) bond motifs is 1. The van der Waals surface area contributed by atoms with Gasteiger partial charge in [0.15, 0.2) is 5.58 Å². The van der Waals surface area contributed by atoms with Gasteiger partial charge in [0.25, 0.3) is 0 Å². The van der Waals surface area contributed by atoms with Crippen LogP contribution in [0, 0.1) is 0 Å². The van der Waals surface area contributed by atoms with E-state index in [0.29, 0.717) is 12.5 Å². The summed E-state index contributed by atoms with van der Waals surface area (Å²) in [4.78, 5) is 14.4. The molecule has 2 aromatic rings. The van der Waals surface area contributed by atoms with Gasteiger partial charge in [0.2, 0.25) is 5.91 Å². The highest BCUT2D eigenvalue weighted by Gasteiger charge is 2.27. The van der Waals surface area contributed by atoms with Crippen LogP contribution in [0.3, 0.4) is 0 Å². The number of nitrogens with one attached hydrogen (secondary N) is 1. The second kappa shape index (κ2) is 5.25. The van der Waals surface area contributed by atoms with E-state index in [-0.39, 0.29) is 11.9 Å². The Bertz CT molecular complexity index is 622. The Kier molecular flexibility index (Phi) is 3.44. The first-order valence-corrected chi connectivity index (χ1v) is 7.01. The average Bonchev–Trinajstić information content (AvgIpc) is 2.85. The predicted molar refractivity (Wildman–Crippen MR) is 76.4 cm³/mol. The molecule has 5 nitrogen and oxygen atoms in total. The Morgan fingerprint density at radius 2 is 2.25 bits per heavy atom. The monoisotopic (exact) mass is 273 g/mol. The summed E-state index contributed by atoms with van der Waals surface area (Å²) in [7, 11) is 0. The Hall–Kier alpha value is -1.88. The Morgan fingerprint density at radius 1 is 1.45 bits per heavy atom. The summed E-state index contributed by atoms with van der Waals surface area (Å²) in [6.45, 7) is 5.75. The average molecular weight is 273 g/mol. The van der Waals surface area contributed by atoms with Gasteiger partial charge in [0, 0.05) is 30.6 Å². The smallest absolute Gasteiger partial charge is 0.229 e. The summed E-state index contributed by atoms with van der Waals surface area (Å²) in [6, 6.07) is 8.20. The number of rotatable bonds is 2.